The summed E-state index contributed by atoms with van der Waals surface area (Å²) in [6, 6.07) is 4.78. The smallest absolute Gasteiger partial charge is 0.331 e. The first kappa shape index (κ1) is 27.4. The topological polar surface area (TPSA) is 83.6 Å². The normalized spacial score (nSPS) is 11.3. The van der Waals surface area contributed by atoms with E-state index in [0.29, 0.717) is 28.7 Å². The van der Waals surface area contributed by atoms with E-state index in [1.807, 2.05) is 6.92 Å². The summed E-state index contributed by atoms with van der Waals surface area (Å²) >= 11 is 5.84. The number of hydrogen-bond donors (Lipinski definition) is 1. The van der Waals surface area contributed by atoms with E-state index in [1.165, 1.54) is 56.4 Å². The third kappa shape index (κ3) is 10.5. The molecule has 0 fully saturated rings. The van der Waals surface area contributed by atoms with Gasteiger partial charge in [-0.1, -0.05) is 76.8 Å². The molecule has 0 spiro atoms. The van der Waals surface area contributed by atoms with Crippen LogP contribution in [0.4, 0.5) is 4.79 Å². The van der Waals surface area contributed by atoms with Crippen molar-refractivity contribution in [1.29, 1.82) is 0 Å². The Morgan fingerprint density at radius 3 is 1.97 bits per heavy atom. The fraction of sp³-hybridized carbons (Fsp3) is 0.652. The molecule has 6 nitrogen and oxygen atoms in total. The van der Waals surface area contributed by atoms with Crippen molar-refractivity contribution >= 4 is 33.4 Å². The molecule has 1 rings (SSSR count). The van der Waals surface area contributed by atoms with Crippen LogP contribution in [0.25, 0.3) is 0 Å². The van der Waals surface area contributed by atoms with Crippen molar-refractivity contribution in [3.63, 3.8) is 0 Å². The maximum Gasteiger partial charge on any atom is 0.331 e. The Morgan fingerprint density at radius 2 is 1.42 bits per heavy atom. The first-order valence-electron chi connectivity index (χ1n) is 11.4. The van der Waals surface area contributed by atoms with Crippen molar-refractivity contribution in [2.45, 2.75) is 89.4 Å². The Balaban J connectivity index is 2.60. The molecule has 1 N–H and O–H groups in total. The van der Waals surface area contributed by atoms with Gasteiger partial charge in [-0.2, -0.15) is 0 Å². The van der Waals surface area contributed by atoms with Crippen LogP contribution in [0.5, 0.6) is 0 Å². The van der Waals surface area contributed by atoms with Gasteiger partial charge in [-0.05, 0) is 37.1 Å². The maximum atomic E-state index is 13.0. The number of benzene rings is 1. The second-order valence-electron chi connectivity index (χ2n) is 7.81. The summed E-state index contributed by atoms with van der Waals surface area (Å²) in [6.45, 7) is 3.94. The molecule has 1 aromatic rings. The predicted octanol–water partition coefficient (Wildman–Crippen LogP) is 5.94. The van der Waals surface area contributed by atoms with Gasteiger partial charge in [-0.3, -0.25) is 4.79 Å². The average molecular weight is 473 g/mol. The first-order chi connectivity index (χ1) is 14.8. The number of carbonyl (C=O) groups is 2. The summed E-state index contributed by atoms with van der Waals surface area (Å²) in [5.41, 5.74) is 0. The standard InChI is InChI=1S/C23H37ClN2O4S/c1-3-5-6-7-8-9-10-11-12-13-21(27)19-26(23(28)25-18-4-2)31(29,30)22-16-14-20(24)15-17-22/h14-17H,3-13,18-19H2,1-2H3,(H,25,28). The highest BCUT2D eigenvalue weighted by atomic mass is 35.5. The van der Waals surface area contributed by atoms with Crippen molar-refractivity contribution in [2.24, 2.45) is 0 Å². The number of sulfonamides is 1. The van der Waals surface area contributed by atoms with E-state index >= 15 is 0 Å². The van der Waals surface area contributed by atoms with Crippen LogP contribution in [0.15, 0.2) is 29.2 Å². The molecule has 0 heterocycles. The Kier molecular flexibility index (Phi) is 13.5. The minimum atomic E-state index is -4.15. The van der Waals surface area contributed by atoms with Gasteiger partial charge in [-0.15, -0.1) is 0 Å². The largest absolute Gasteiger partial charge is 0.337 e. The number of nitrogens with one attached hydrogen (secondary N) is 1. The summed E-state index contributed by atoms with van der Waals surface area (Å²) in [5, 5.41) is 2.95. The third-order valence-electron chi connectivity index (χ3n) is 5.03. The summed E-state index contributed by atoms with van der Waals surface area (Å²) in [6.07, 6.45) is 11.1. The molecule has 1 aromatic carbocycles. The summed E-state index contributed by atoms with van der Waals surface area (Å²) in [5.74, 6) is -0.257. The molecule has 0 bridgehead atoms. The highest BCUT2D eigenvalue weighted by Gasteiger charge is 2.30. The Hall–Kier alpha value is -1.60. The van der Waals surface area contributed by atoms with E-state index in [0.717, 1.165) is 19.3 Å². The molecule has 2 amide bonds. The van der Waals surface area contributed by atoms with Gasteiger partial charge in [0, 0.05) is 18.0 Å². The van der Waals surface area contributed by atoms with Crippen LogP contribution in [0.1, 0.15) is 84.5 Å². The zero-order valence-corrected chi connectivity index (χ0v) is 20.4. The van der Waals surface area contributed by atoms with E-state index in [9.17, 15) is 18.0 Å². The minimum absolute atomic E-state index is 0.0700. The predicted molar refractivity (Wildman–Crippen MR) is 126 cm³/mol. The van der Waals surface area contributed by atoms with E-state index < -0.39 is 22.6 Å². The molecule has 31 heavy (non-hydrogen) atoms. The van der Waals surface area contributed by atoms with Crippen molar-refractivity contribution in [1.82, 2.24) is 9.62 Å². The quantitative estimate of drug-likeness (QED) is 0.302. The monoisotopic (exact) mass is 472 g/mol. The zero-order valence-electron chi connectivity index (χ0n) is 18.9. The van der Waals surface area contributed by atoms with E-state index in [1.54, 1.807) is 0 Å². The lowest BCUT2D eigenvalue weighted by atomic mass is 10.1. The van der Waals surface area contributed by atoms with E-state index in [-0.39, 0.29) is 17.1 Å². The number of urea groups is 1. The van der Waals surface area contributed by atoms with Gasteiger partial charge < -0.3 is 5.32 Å². The number of nitrogens with zero attached hydrogens (tertiary/aromatic N) is 1. The number of amides is 2. The fourth-order valence-electron chi connectivity index (χ4n) is 3.19. The Bertz CT molecular complexity index is 766. The van der Waals surface area contributed by atoms with Gasteiger partial charge in [0.1, 0.15) is 0 Å². The molecule has 176 valence electrons. The molecule has 0 aromatic heterocycles. The van der Waals surface area contributed by atoms with Gasteiger partial charge >= 0.3 is 6.03 Å². The molecule has 0 unspecified atom stereocenters. The van der Waals surface area contributed by atoms with Gasteiger partial charge in [0.05, 0.1) is 11.4 Å². The van der Waals surface area contributed by atoms with Gasteiger partial charge in [0.2, 0.25) is 0 Å². The number of halogens is 1. The third-order valence-corrected chi connectivity index (χ3v) is 7.03. The lowest BCUT2D eigenvalue weighted by Gasteiger charge is -2.22. The molecular weight excluding hydrogens is 436 g/mol. The molecular formula is C23H37ClN2O4S. The molecule has 0 aliphatic heterocycles. The molecule has 0 aliphatic carbocycles. The van der Waals surface area contributed by atoms with Crippen LogP contribution < -0.4 is 5.32 Å². The number of ketones is 1. The van der Waals surface area contributed by atoms with Crippen LogP contribution in [-0.4, -0.2) is 37.6 Å². The fourth-order valence-corrected chi connectivity index (χ4v) is 4.65. The van der Waals surface area contributed by atoms with Crippen LogP contribution in [0.2, 0.25) is 5.02 Å². The summed E-state index contributed by atoms with van der Waals surface area (Å²) < 4.78 is 26.6. The second-order valence-corrected chi connectivity index (χ2v) is 10.1. The van der Waals surface area contributed by atoms with Crippen LogP contribution in [-0.2, 0) is 14.8 Å². The molecule has 8 heteroatoms. The number of carbonyl (C=O) groups excluding carboxylic acids is 2. The number of Topliss-reactive ketones (excluding diaryl/α,β-unsaturated/α-hetero) is 1. The lowest BCUT2D eigenvalue weighted by Crippen LogP contribution is -2.46. The van der Waals surface area contributed by atoms with Crippen molar-refractivity contribution in [2.75, 3.05) is 13.1 Å². The lowest BCUT2D eigenvalue weighted by molar-refractivity contribution is -0.119. The highest BCUT2D eigenvalue weighted by molar-refractivity contribution is 7.89. The first-order valence-corrected chi connectivity index (χ1v) is 13.2. The van der Waals surface area contributed by atoms with Crippen molar-refractivity contribution in [3.05, 3.63) is 29.3 Å². The minimum Gasteiger partial charge on any atom is -0.337 e. The average Bonchev–Trinajstić information content (AvgIpc) is 2.74. The molecule has 0 radical (unpaired) electrons. The second kappa shape index (κ2) is 15.2. The molecule has 0 saturated heterocycles. The number of hydrogen-bond acceptors (Lipinski definition) is 4. The molecule has 0 saturated carbocycles. The zero-order chi connectivity index (χ0) is 23.1. The van der Waals surface area contributed by atoms with Crippen LogP contribution in [0, 0.1) is 0 Å². The summed E-state index contributed by atoms with van der Waals surface area (Å²) in [7, 11) is -4.15. The van der Waals surface area contributed by atoms with E-state index in [2.05, 4.69) is 12.2 Å². The Labute approximate surface area is 192 Å². The van der Waals surface area contributed by atoms with Gasteiger partial charge in [-0.25, -0.2) is 17.5 Å². The Morgan fingerprint density at radius 1 is 0.871 bits per heavy atom. The highest BCUT2D eigenvalue weighted by Crippen LogP contribution is 2.19. The van der Waals surface area contributed by atoms with Crippen molar-refractivity contribution in [3.8, 4) is 0 Å². The number of unbranched alkanes of at least 4 members (excludes halogenated alkanes) is 8. The van der Waals surface area contributed by atoms with Gasteiger partial charge in [0.15, 0.2) is 5.78 Å². The number of rotatable bonds is 16. The molecule has 0 aliphatic rings. The van der Waals surface area contributed by atoms with Crippen LogP contribution >= 0.6 is 11.6 Å². The maximum absolute atomic E-state index is 13.0. The van der Waals surface area contributed by atoms with Gasteiger partial charge in [0.25, 0.3) is 10.0 Å². The van der Waals surface area contributed by atoms with Crippen LogP contribution in [0.3, 0.4) is 0 Å². The van der Waals surface area contributed by atoms with Crippen molar-refractivity contribution < 1.29 is 18.0 Å². The summed E-state index contributed by atoms with van der Waals surface area (Å²) in [4.78, 5) is 24.9. The van der Waals surface area contributed by atoms with E-state index in [4.69, 9.17) is 11.6 Å². The molecule has 0 atom stereocenters. The SMILES string of the molecule is CCCCCCCCCCCC(=O)CN(C(=O)NCCC)S(=O)(=O)c1ccc(Cl)cc1.